The number of carbonyl (C=O) groups is 2. The number of carbonyl (C=O) groups excluding carboxylic acids is 2. The number of hydrogen-bond donors (Lipinski definition) is 2. The smallest absolute Gasteiger partial charge is 0.257 e. The molecule has 0 aliphatic heterocycles. The minimum Gasteiger partial charge on any atom is -0.299 e. The molecule has 0 radical (unpaired) electrons. The first-order chi connectivity index (χ1) is 10.5. The molecule has 0 saturated carbocycles. The Morgan fingerprint density at radius 3 is 1.36 bits per heavy atom. The lowest BCUT2D eigenvalue weighted by molar-refractivity contribution is 0.0968. The topological polar surface area (TPSA) is 58.2 Å². The molecule has 4 nitrogen and oxygen atoms in total. The van der Waals surface area contributed by atoms with Gasteiger partial charge in [-0.2, -0.15) is 0 Å². The molecule has 2 rings (SSSR count). The second-order valence-corrected chi connectivity index (χ2v) is 5.53. The van der Waals surface area contributed by atoms with Crippen LogP contribution in [0.2, 0.25) is 10.0 Å². The number of hydrogen-bond acceptors (Lipinski definition) is 3. The second-order valence-electron chi connectivity index (χ2n) is 4.25. The quantitative estimate of drug-likeness (QED) is 0.814. The summed E-state index contributed by atoms with van der Waals surface area (Å²) < 4.78 is 0. The highest BCUT2D eigenvalue weighted by atomic mass is 35.5. The summed E-state index contributed by atoms with van der Waals surface area (Å²) in [4.78, 5) is 23.8. The second kappa shape index (κ2) is 7.35. The van der Waals surface area contributed by atoms with Crippen molar-refractivity contribution in [3.63, 3.8) is 0 Å². The van der Waals surface area contributed by atoms with Crippen LogP contribution in [0.15, 0.2) is 48.5 Å². The van der Waals surface area contributed by atoms with Gasteiger partial charge in [0.25, 0.3) is 11.8 Å². The molecule has 0 heterocycles. The summed E-state index contributed by atoms with van der Waals surface area (Å²) >= 11 is 16.4. The molecule has 0 fully saturated rings. The zero-order valence-electron chi connectivity index (χ0n) is 11.1. The van der Waals surface area contributed by atoms with E-state index in [2.05, 4.69) is 10.6 Å². The van der Waals surface area contributed by atoms with E-state index in [9.17, 15) is 9.59 Å². The van der Waals surface area contributed by atoms with Gasteiger partial charge in [-0.1, -0.05) is 23.2 Å². The standard InChI is InChI=1S/C15H10Cl2N2O2S/c16-11-5-1-9(2-6-11)13(20)18-15(22)19-14(21)10-3-7-12(17)8-4-10/h1-8H,(H2,18,19,20,21,22). The van der Waals surface area contributed by atoms with Gasteiger partial charge in [0.1, 0.15) is 0 Å². The Balaban J connectivity index is 1.95. The zero-order valence-corrected chi connectivity index (χ0v) is 13.4. The fourth-order valence-corrected chi connectivity index (χ4v) is 2.02. The molecule has 0 bridgehead atoms. The first-order valence-corrected chi connectivity index (χ1v) is 7.30. The Kier molecular flexibility index (Phi) is 5.49. The third-order valence-corrected chi connectivity index (χ3v) is 3.38. The van der Waals surface area contributed by atoms with Crippen molar-refractivity contribution in [3.05, 3.63) is 69.7 Å². The molecule has 7 heteroatoms. The predicted octanol–water partition coefficient (Wildman–Crippen LogP) is 3.44. The van der Waals surface area contributed by atoms with Crippen LogP contribution >= 0.6 is 35.4 Å². The number of thiocarbonyl (C=S) groups is 1. The Morgan fingerprint density at radius 2 is 1.05 bits per heavy atom. The SMILES string of the molecule is O=C(NC(=S)NC(=O)c1ccc(Cl)cc1)c1ccc(Cl)cc1. The molecule has 0 atom stereocenters. The average Bonchev–Trinajstić information content (AvgIpc) is 2.48. The summed E-state index contributed by atoms with van der Waals surface area (Å²) in [5.74, 6) is -0.865. The maximum Gasteiger partial charge on any atom is 0.257 e. The van der Waals surface area contributed by atoms with Gasteiger partial charge < -0.3 is 0 Å². The van der Waals surface area contributed by atoms with Crippen molar-refractivity contribution in [2.75, 3.05) is 0 Å². The van der Waals surface area contributed by atoms with E-state index in [1.54, 1.807) is 48.5 Å². The van der Waals surface area contributed by atoms with E-state index in [0.717, 1.165) is 0 Å². The van der Waals surface area contributed by atoms with E-state index >= 15 is 0 Å². The van der Waals surface area contributed by atoms with E-state index in [1.165, 1.54) is 0 Å². The van der Waals surface area contributed by atoms with Crippen LogP contribution in [0.4, 0.5) is 0 Å². The van der Waals surface area contributed by atoms with Crippen LogP contribution in [0.5, 0.6) is 0 Å². The molecular weight excluding hydrogens is 343 g/mol. The van der Waals surface area contributed by atoms with E-state index in [4.69, 9.17) is 35.4 Å². The number of nitrogens with one attached hydrogen (secondary N) is 2. The van der Waals surface area contributed by atoms with Gasteiger partial charge in [-0.15, -0.1) is 0 Å². The largest absolute Gasteiger partial charge is 0.299 e. The lowest BCUT2D eigenvalue weighted by Gasteiger charge is -2.08. The minimum absolute atomic E-state index is 0.0834. The normalized spacial score (nSPS) is 9.91. The highest BCUT2D eigenvalue weighted by Crippen LogP contribution is 2.10. The number of benzene rings is 2. The van der Waals surface area contributed by atoms with Crippen molar-refractivity contribution in [1.29, 1.82) is 0 Å². The first kappa shape index (κ1) is 16.4. The molecule has 2 aromatic carbocycles. The van der Waals surface area contributed by atoms with Crippen molar-refractivity contribution in [3.8, 4) is 0 Å². The summed E-state index contributed by atoms with van der Waals surface area (Å²) in [6, 6.07) is 12.6. The maximum atomic E-state index is 11.9. The van der Waals surface area contributed by atoms with Crippen LogP contribution in [0.25, 0.3) is 0 Å². The van der Waals surface area contributed by atoms with E-state index in [0.29, 0.717) is 21.2 Å². The van der Waals surface area contributed by atoms with Gasteiger partial charge in [0, 0.05) is 21.2 Å². The van der Waals surface area contributed by atoms with Gasteiger partial charge in [0.15, 0.2) is 5.11 Å². The summed E-state index contributed by atoms with van der Waals surface area (Å²) in [6.07, 6.45) is 0. The van der Waals surface area contributed by atoms with E-state index in [-0.39, 0.29) is 5.11 Å². The Bertz CT molecular complexity index is 654. The van der Waals surface area contributed by atoms with Crippen molar-refractivity contribution in [2.45, 2.75) is 0 Å². The van der Waals surface area contributed by atoms with Gasteiger partial charge in [0.2, 0.25) is 0 Å². The summed E-state index contributed by atoms with van der Waals surface area (Å²) in [6.45, 7) is 0. The third kappa shape index (κ3) is 4.53. The monoisotopic (exact) mass is 352 g/mol. The molecule has 0 aromatic heterocycles. The molecule has 2 amide bonds. The first-order valence-electron chi connectivity index (χ1n) is 6.13. The highest BCUT2D eigenvalue weighted by molar-refractivity contribution is 7.80. The van der Waals surface area contributed by atoms with Gasteiger partial charge >= 0.3 is 0 Å². The molecule has 22 heavy (non-hydrogen) atoms. The summed E-state index contributed by atoms with van der Waals surface area (Å²) in [7, 11) is 0. The van der Waals surface area contributed by atoms with Gasteiger partial charge in [0.05, 0.1) is 0 Å². The van der Waals surface area contributed by atoms with E-state index in [1.807, 2.05) is 0 Å². The van der Waals surface area contributed by atoms with Crippen molar-refractivity contribution in [1.82, 2.24) is 10.6 Å². The van der Waals surface area contributed by atoms with Crippen LogP contribution < -0.4 is 10.6 Å². The van der Waals surface area contributed by atoms with Gasteiger partial charge in [-0.25, -0.2) is 0 Å². The highest BCUT2D eigenvalue weighted by Gasteiger charge is 2.11. The van der Waals surface area contributed by atoms with Crippen molar-refractivity contribution >= 4 is 52.3 Å². The predicted molar refractivity (Wildman–Crippen MR) is 90.4 cm³/mol. The van der Waals surface area contributed by atoms with Crippen molar-refractivity contribution in [2.24, 2.45) is 0 Å². The molecule has 0 unspecified atom stereocenters. The summed E-state index contributed by atoms with van der Waals surface area (Å²) in [5.41, 5.74) is 0.764. The molecule has 0 aliphatic carbocycles. The summed E-state index contributed by atoms with van der Waals surface area (Å²) in [5, 5.41) is 5.80. The third-order valence-electron chi connectivity index (χ3n) is 2.67. The fraction of sp³-hybridized carbons (Fsp3) is 0. The molecule has 112 valence electrons. The average molecular weight is 353 g/mol. The Hall–Kier alpha value is -1.95. The lowest BCUT2D eigenvalue weighted by Crippen LogP contribution is -2.42. The molecule has 2 aromatic rings. The van der Waals surface area contributed by atoms with Crippen LogP contribution in [-0.4, -0.2) is 16.9 Å². The lowest BCUT2D eigenvalue weighted by atomic mass is 10.2. The Labute approximate surface area is 142 Å². The van der Waals surface area contributed by atoms with Gasteiger partial charge in [-0.05, 0) is 60.7 Å². The molecular formula is C15H10Cl2N2O2S. The number of amides is 2. The number of rotatable bonds is 2. The minimum atomic E-state index is -0.432. The molecule has 0 spiro atoms. The Morgan fingerprint density at radius 1 is 0.727 bits per heavy atom. The maximum absolute atomic E-state index is 11.9. The van der Waals surface area contributed by atoms with Crippen LogP contribution in [0.1, 0.15) is 20.7 Å². The van der Waals surface area contributed by atoms with Gasteiger partial charge in [-0.3, -0.25) is 20.2 Å². The fourth-order valence-electron chi connectivity index (χ4n) is 1.58. The van der Waals surface area contributed by atoms with Crippen LogP contribution in [-0.2, 0) is 0 Å². The zero-order chi connectivity index (χ0) is 16.1. The molecule has 2 N–H and O–H groups in total. The van der Waals surface area contributed by atoms with Crippen LogP contribution in [0, 0.1) is 0 Å². The number of halogens is 2. The van der Waals surface area contributed by atoms with Crippen molar-refractivity contribution < 1.29 is 9.59 Å². The van der Waals surface area contributed by atoms with Crippen LogP contribution in [0.3, 0.4) is 0 Å². The molecule has 0 saturated heterocycles. The molecule has 0 aliphatic rings. The van der Waals surface area contributed by atoms with E-state index < -0.39 is 11.8 Å².